The second-order valence-electron chi connectivity index (χ2n) is 8.62. The van der Waals surface area contributed by atoms with Gasteiger partial charge in [-0.05, 0) is 57.3 Å². The molecule has 0 spiro atoms. The number of hydrogen-bond donors (Lipinski definition) is 1. The van der Waals surface area contributed by atoms with Crippen LogP contribution in [0.5, 0.6) is 0 Å². The van der Waals surface area contributed by atoms with Gasteiger partial charge in [0.1, 0.15) is 5.02 Å². The molecular formula is C21H31ClN4O3. The molecule has 0 unspecified atom stereocenters. The summed E-state index contributed by atoms with van der Waals surface area (Å²) in [5.41, 5.74) is 0.349. The summed E-state index contributed by atoms with van der Waals surface area (Å²) in [6.07, 6.45) is 9.30. The zero-order valence-corrected chi connectivity index (χ0v) is 17.7. The molecule has 29 heavy (non-hydrogen) atoms. The van der Waals surface area contributed by atoms with Gasteiger partial charge in [-0.2, -0.15) is 5.10 Å². The van der Waals surface area contributed by atoms with E-state index in [0.29, 0.717) is 17.5 Å². The Bertz CT molecular complexity index is 764. The van der Waals surface area contributed by atoms with Gasteiger partial charge in [0.25, 0.3) is 5.56 Å². The molecule has 3 fully saturated rings. The fourth-order valence-electron chi connectivity index (χ4n) is 4.81. The quantitative estimate of drug-likeness (QED) is 0.789. The van der Waals surface area contributed by atoms with Gasteiger partial charge in [0, 0.05) is 32.2 Å². The summed E-state index contributed by atoms with van der Waals surface area (Å²) in [5, 5.41) is 7.87. The van der Waals surface area contributed by atoms with Crippen molar-refractivity contribution in [3.05, 3.63) is 21.6 Å². The van der Waals surface area contributed by atoms with E-state index >= 15 is 0 Å². The third-order valence-corrected chi connectivity index (χ3v) is 6.95. The van der Waals surface area contributed by atoms with Gasteiger partial charge in [-0.25, -0.2) is 4.68 Å². The molecule has 0 aromatic carbocycles. The molecule has 1 atom stereocenters. The van der Waals surface area contributed by atoms with Crippen molar-refractivity contribution in [3.63, 3.8) is 0 Å². The van der Waals surface area contributed by atoms with Gasteiger partial charge in [0.2, 0.25) is 5.91 Å². The molecule has 2 aliphatic heterocycles. The number of hydrogen-bond acceptors (Lipinski definition) is 5. The van der Waals surface area contributed by atoms with Crippen LogP contribution in [0.15, 0.2) is 11.0 Å². The number of nitrogens with zero attached hydrogens (tertiary/aromatic N) is 3. The Labute approximate surface area is 176 Å². The van der Waals surface area contributed by atoms with Crippen molar-refractivity contribution in [2.45, 2.75) is 57.4 Å². The normalized spacial score (nSPS) is 27.8. The van der Waals surface area contributed by atoms with Crippen LogP contribution in [0, 0.1) is 11.8 Å². The summed E-state index contributed by atoms with van der Waals surface area (Å²) < 4.78 is 7.02. The van der Waals surface area contributed by atoms with E-state index in [1.54, 1.807) is 6.20 Å². The number of rotatable bonds is 5. The lowest BCUT2D eigenvalue weighted by molar-refractivity contribution is -0.135. The molecule has 1 amide bonds. The minimum absolute atomic E-state index is 0.0171. The van der Waals surface area contributed by atoms with E-state index < -0.39 is 0 Å². The van der Waals surface area contributed by atoms with Gasteiger partial charge < -0.3 is 15.0 Å². The van der Waals surface area contributed by atoms with Crippen LogP contribution in [-0.4, -0.2) is 53.4 Å². The second-order valence-corrected chi connectivity index (χ2v) is 9.00. The average Bonchev–Trinajstić information content (AvgIpc) is 3.30. The van der Waals surface area contributed by atoms with E-state index in [1.807, 2.05) is 4.90 Å². The number of halogens is 1. The zero-order valence-electron chi connectivity index (χ0n) is 16.9. The van der Waals surface area contributed by atoms with Crippen molar-refractivity contribution in [2.24, 2.45) is 11.8 Å². The SMILES string of the molecule is O=c1c(Cl)c(NC[C@@H]2CCCOC2)cnn1[C@H]1CC[C@H](C(=O)N2CCCC2)CC1. The van der Waals surface area contributed by atoms with Crippen LogP contribution in [0.25, 0.3) is 0 Å². The fourth-order valence-corrected chi connectivity index (χ4v) is 5.02. The number of likely N-dealkylation sites (tertiary alicyclic amines) is 1. The summed E-state index contributed by atoms with van der Waals surface area (Å²) >= 11 is 6.37. The van der Waals surface area contributed by atoms with Gasteiger partial charge in [0.15, 0.2) is 0 Å². The highest BCUT2D eigenvalue weighted by Gasteiger charge is 2.32. The van der Waals surface area contributed by atoms with E-state index in [9.17, 15) is 9.59 Å². The number of carbonyl (C=O) groups excluding carboxylic acids is 1. The first-order chi connectivity index (χ1) is 14.1. The lowest BCUT2D eigenvalue weighted by atomic mass is 9.85. The maximum atomic E-state index is 12.8. The van der Waals surface area contributed by atoms with Crippen LogP contribution >= 0.6 is 11.6 Å². The molecule has 7 nitrogen and oxygen atoms in total. The highest BCUT2D eigenvalue weighted by atomic mass is 35.5. The van der Waals surface area contributed by atoms with E-state index in [4.69, 9.17) is 16.3 Å². The van der Waals surface area contributed by atoms with Gasteiger partial charge >= 0.3 is 0 Å². The maximum Gasteiger partial charge on any atom is 0.287 e. The average molecular weight is 423 g/mol. The highest BCUT2D eigenvalue weighted by Crippen LogP contribution is 2.33. The molecule has 0 bridgehead atoms. The maximum absolute atomic E-state index is 12.8. The van der Waals surface area contributed by atoms with Crippen LogP contribution < -0.4 is 10.9 Å². The van der Waals surface area contributed by atoms with Crippen LogP contribution in [0.2, 0.25) is 5.02 Å². The van der Waals surface area contributed by atoms with E-state index in [1.165, 1.54) is 4.68 Å². The Morgan fingerprint density at radius 3 is 2.62 bits per heavy atom. The standard InChI is InChI=1S/C21H31ClN4O3/c22-19-18(23-12-15-4-3-11-29-14-15)13-24-26(21(19)28)17-7-5-16(6-8-17)20(27)25-9-1-2-10-25/h13,15-17,23H,1-12,14H2/t15-,16-,17-/m0/s1. The van der Waals surface area contributed by atoms with E-state index in [0.717, 1.165) is 84.2 Å². The molecule has 8 heteroatoms. The minimum Gasteiger partial charge on any atom is -0.382 e. The summed E-state index contributed by atoms with van der Waals surface area (Å²) in [5.74, 6) is 0.824. The molecule has 1 aliphatic carbocycles. The molecule has 0 radical (unpaired) electrons. The fraction of sp³-hybridized carbons (Fsp3) is 0.762. The minimum atomic E-state index is -0.245. The number of anilines is 1. The third-order valence-electron chi connectivity index (χ3n) is 6.59. The first kappa shape index (κ1) is 20.7. The summed E-state index contributed by atoms with van der Waals surface area (Å²) in [6, 6.07) is 0.0171. The Morgan fingerprint density at radius 1 is 1.17 bits per heavy atom. The molecule has 4 rings (SSSR count). The number of amides is 1. The largest absolute Gasteiger partial charge is 0.382 e. The number of ether oxygens (including phenoxy) is 1. The topological polar surface area (TPSA) is 76.5 Å². The highest BCUT2D eigenvalue weighted by molar-refractivity contribution is 6.32. The molecule has 1 aromatic rings. The predicted octanol–water partition coefficient (Wildman–Crippen LogP) is 3.09. The van der Waals surface area contributed by atoms with Gasteiger partial charge in [-0.1, -0.05) is 11.6 Å². The van der Waals surface area contributed by atoms with Gasteiger partial charge in [-0.15, -0.1) is 0 Å². The molecule has 3 aliphatic rings. The molecule has 1 saturated carbocycles. The molecule has 160 valence electrons. The zero-order chi connectivity index (χ0) is 20.2. The van der Waals surface area contributed by atoms with Crippen LogP contribution in [0.3, 0.4) is 0 Å². The van der Waals surface area contributed by atoms with Crippen molar-refractivity contribution in [1.82, 2.24) is 14.7 Å². The Morgan fingerprint density at radius 2 is 1.93 bits per heavy atom. The van der Waals surface area contributed by atoms with Crippen molar-refractivity contribution in [3.8, 4) is 0 Å². The van der Waals surface area contributed by atoms with Crippen LogP contribution in [0.4, 0.5) is 5.69 Å². The van der Waals surface area contributed by atoms with E-state index in [2.05, 4.69) is 10.4 Å². The Hall–Kier alpha value is -1.60. The smallest absolute Gasteiger partial charge is 0.287 e. The summed E-state index contributed by atoms with van der Waals surface area (Å²) in [6.45, 7) is 4.11. The van der Waals surface area contributed by atoms with Gasteiger partial charge in [-0.3, -0.25) is 9.59 Å². The lowest BCUT2D eigenvalue weighted by Gasteiger charge is -2.30. The second kappa shape index (κ2) is 9.47. The first-order valence-electron chi connectivity index (χ1n) is 11.0. The molecule has 1 N–H and O–H groups in total. The summed E-state index contributed by atoms with van der Waals surface area (Å²) in [4.78, 5) is 27.4. The molecule has 3 heterocycles. The number of nitrogens with one attached hydrogen (secondary N) is 1. The van der Waals surface area contributed by atoms with Gasteiger partial charge in [0.05, 0.1) is 24.5 Å². The molecule has 2 saturated heterocycles. The van der Waals surface area contributed by atoms with Crippen molar-refractivity contribution >= 4 is 23.2 Å². The van der Waals surface area contributed by atoms with Crippen LogP contribution in [0.1, 0.15) is 57.4 Å². The monoisotopic (exact) mass is 422 g/mol. The Kier molecular flexibility index (Phi) is 6.75. The number of carbonyl (C=O) groups is 1. The number of aromatic nitrogens is 2. The Balaban J connectivity index is 1.34. The lowest BCUT2D eigenvalue weighted by Crippen LogP contribution is -2.37. The first-order valence-corrected chi connectivity index (χ1v) is 11.4. The van der Waals surface area contributed by atoms with E-state index in [-0.39, 0.29) is 22.5 Å². The predicted molar refractivity (Wildman–Crippen MR) is 112 cm³/mol. The third kappa shape index (κ3) is 4.77. The van der Waals surface area contributed by atoms with Crippen molar-refractivity contribution in [2.75, 3.05) is 38.2 Å². The summed E-state index contributed by atoms with van der Waals surface area (Å²) in [7, 11) is 0. The van der Waals surface area contributed by atoms with Crippen molar-refractivity contribution < 1.29 is 9.53 Å². The van der Waals surface area contributed by atoms with Crippen LogP contribution in [-0.2, 0) is 9.53 Å². The molecular weight excluding hydrogens is 392 g/mol. The van der Waals surface area contributed by atoms with Crippen molar-refractivity contribution in [1.29, 1.82) is 0 Å². The molecule has 1 aromatic heterocycles.